The quantitative estimate of drug-likeness (QED) is 0.675. The number of hydroxylamine groups is 2. The first-order chi connectivity index (χ1) is 13.5. The number of hydrogen-bond acceptors (Lipinski definition) is 3. The van der Waals surface area contributed by atoms with Gasteiger partial charge in [-0.15, -0.1) is 0 Å². The van der Waals surface area contributed by atoms with Crippen molar-refractivity contribution in [3.05, 3.63) is 71.5 Å². The van der Waals surface area contributed by atoms with Gasteiger partial charge in [-0.05, 0) is 30.4 Å². The van der Waals surface area contributed by atoms with E-state index >= 15 is 0 Å². The highest BCUT2D eigenvalue weighted by atomic mass is 19.1. The van der Waals surface area contributed by atoms with E-state index in [1.165, 1.54) is 23.6 Å². The maximum absolute atomic E-state index is 13.8. The molecule has 5 heteroatoms. The van der Waals surface area contributed by atoms with Crippen LogP contribution in [0.4, 0.5) is 4.39 Å². The van der Waals surface area contributed by atoms with Crippen molar-refractivity contribution in [2.24, 2.45) is 5.92 Å². The molecule has 3 rings (SSSR count). The van der Waals surface area contributed by atoms with E-state index < -0.39 is 0 Å². The molecular formula is C23H29FN2O2. The van der Waals surface area contributed by atoms with Crippen LogP contribution in [0, 0.1) is 11.7 Å². The largest absolute Gasteiger partial charge is 0.303 e. The minimum atomic E-state index is -0.310. The number of nitrogens with zero attached hydrogens (tertiary/aromatic N) is 2. The number of carbonyl (C=O) groups is 1. The van der Waals surface area contributed by atoms with Gasteiger partial charge in [0.15, 0.2) is 0 Å². The second kappa shape index (κ2) is 9.80. The molecule has 150 valence electrons. The minimum absolute atomic E-state index is 0.0113. The maximum atomic E-state index is 13.8. The lowest BCUT2D eigenvalue weighted by Crippen LogP contribution is -2.51. The zero-order chi connectivity index (χ0) is 19.9. The van der Waals surface area contributed by atoms with Crippen LogP contribution in [0.3, 0.4) is 0 Å². The van der Waals surface area contributed by atoms with Gasteiger partial charge in [-0.2, -0.15) is 0 Å². The number of benzene rings is 2. The Bertz CT molecular complexity index is 768. The SMILES string of the molecule is CC(=O)N(OCc1ccccc1F)[C@@H]1CCN(CCc2ccccc2)C[C@@H]1C. The Morgan fingerprint density at radius 2 is 1.89 bits per heavy atom. The second-order valence-corrected chi connectivity index (χ2v) is 7.58. The third-order valence-electron chi connectivity index (χ3n) is 5.43. The van der Waals surface area contributed by atoms with Crippen molar-refractivity contribution in [3.8, 4) is 0 Å². The Morgan fingerprint density at radius 3 is 2.57 bits per heavy atom. The van der Waals surface area contributed by atoms with E-state index in [9.17, 15) is 9.18 Å². The zero-order valence-corrected chi connectivity index (χ0v) is 16.7. The third kappa shape index (κ3) is 5.40. The number of amides is 1. The predicted octanol–water partition coefficient (Wildman–Crippen LogP) is 4.06. The van der Waals surface area contributed by atoms with Crippen molar-refractivity contribution < 1.29 is 14.0 Å². The van der Waals surface area contributed by atoms with E-state index in [-0.39, 0.29) is 30.3 Å². The Kier molecular flexibility index (Phi) is 7.18. The van der Waals surface area contributed by atoms with Crippen LogP contribution in [0.1, 0.15) is 31.4 Å². The molecule has 4 nitrogen and oxygen atoms in total. The smallest absolute Gasteiger partial charge is 0.243 e. The van der Waals surface area contributed by atoms with Gasteiger partial charge in [-0.25, -0.2) is 9.45 Å². The molecule has 0 N–H and O–H groups in total. The summed E-state index contributed by atoms with van der Waals surface area (Å²) in [5, 5.41) is 1.46. The summed E-state index contributed by atoms with van der Waals surface area (Å²) in [4.78, 5) is 20.4. The van der Waals surface area contributed by atoms with Crippen LogP contribution >= 0.6 is 0 Å². The predicted molar refractivity (Wildman–Crippen MR) is 108 cm³/mol. The highest BCUT2D eigenvalue weighted by molar-refractivity contribution is 5.72. The molecule has 0 aromatic heterocycles. The van der Waals surface area contributed by atoms with E-state index in [2.05, 4.69) is 36.1 Å². The number of halogens is 1. The van der Waals surface area contributed by atoms with Gasteiger partial charge in [0, 0.05) is 32.1 Å². The van der Waals surface area contributed by atoms with E-state index in [1.54, 1.807) is 18.2 Å². The minimum Gasteiger partial charge on any atom is -0.303 e. The molecule has 1 saturated heterocycles. The summed E-state index contributed by atoms with van der Waals surface area (Å²) < 4.78 is 13.8. The van der Waals surface area contributed by atoms with Gasteiger partial charge in [0.05, 0.1) is 6.04 Å². The van der Waals surface area contributed by atoms with Crippen LogP contribution in [0.15, 0.2) is 54.6 Å². The molecule has 0 aliphatic carbocycles. The van der Waals surface area contributed by atoms with Crippen molar-refractivity contribution in [1.29, 1.82) is 0 Å². The normalized spacial score (nSPS) is 20.1. The molecule has 0 radical (unpaired) electrons. The van der Waals surface area contributed by atoms with Crippen LogP contribution in [-0.4, -0.2) is 41.5 Å². The molecule has 1 aliphatic rings. The van der Waals surface area contributed by atoms with Crippen LogP contribution in [0.25, 0.3) is 0 Å². The first-order valence-electron chi connectivity index (χ1n) is 9.97. The average Bonchev–Trinajstić information content (AvgIpc) is 2.69. The van der Waals surface area contributed by atoms with Gasteiger partial charge in [0.25, 0.3) is 0 Å². The summed E-state index contributed by atoms with van der Waals surface area (Å²) in [7, 11) is 0. The van der Waals surface area contributed by atoms with Gasteiger partial charge in [0.1, 0.15) is 12.4 Å². The van der Waals surface area contributed by atoms with Crippen LogP contribution in [0.2, 0.25) is 0 Å². The van der Waals surface area contributed by atoms with Crippen LogP contribution in [0.5, 0.6) is 0 Å². The van der Waals surface area contributed by atoms with Gasteiger partial charge in [-0.1, -0.05) is 55.5 Å². The van der Waals surface area contributed by atoms with Gasteiger partial charge >= 0.3 is 0 Å². The Morgan fingerprint density at radius 1 is 1.18 bits per heavy atom. The lowest BCUT2D eigenvalue weighted by atomic mass is 9.93. The number of hydrogen-bond donors (Lipinski definition) is 0. The number of piperidine rings is 1. The fraction of sp³-hybridized carbons (Fsp3) is 0.435. The van der Waals surface area contributed by atoms with Gasteiger partial charge in [0.2, 0.25) is 5.91 Å². The Hall–Kier alpha value is -2.24. The van der Waals surface area contributed by atoms with E-state index in [0.717, 1.165) is 32.5 Å². The molecule has 1 fully saturated rings. The van der Waals surface area contributed by atoms with Crippen molar-refractivity contribution in [3.63, 3.8) is 0 Å². The Balaban J connectivity index is 1.54. The summed E-state index contributed by atoms with van der Waals surface area (Å²) in [6.07, 6.45) is 1.88. The fourth-order valence-corrected chi connectivity index (χ4v) is 3.88. The second-order valence-electron chi connectivity index (χ2n) is 7.58. The number of likely N-dealkylation sites (tertiary alicyclic amines) is 1. The fourth-order valence-electron chi connectivity index (χ4n) is 3.88. The van der Waals surface area contributed by atoms with Crippen molar-refractivity contribution in [1.82, 2.24) is 9.96 Å². The van der Waals surface area contributed by atoms with E-state index in [4.69, 9.17) is 4.84 Å². The lowest BCUT2D eigenvalue weighted by molar-refractivity contribution is -0.214. The summed E-state index contributed by atoms with van der Waals surface area (Å²) in [5.74, 6) is -0.158. The highest BCUT2D eigenvalue weighted by Gasteiger charge is 2.33. The van der Waals surface area contributed by atoms with E-state index in [1.807, 2.05) is 6.07 Å². The summed E-state index contributed by atoms with van der Waals surface area (Å²) >= 11 is 0. The van der Waals surface area contributed by atoms with Crippen molar-refractivity contribution >= 4 is 5.91 Å². The lowest BCUT2D eigenvalue weighted by Gasteiger charge is -2.41. The first-order valence-corrected chi connectivity index (χ1v) is 9.97. The molecule has 0 bridgehead atoms. The Labute approximate surface area is 166 Å². The molecule has 1 aliphatic heterocycles. The standard InChI is InChI=1S/C23H29FN2O2/c1-18-16-25(14-12-20-8-4-3-5-9-20)15-13-23(18)26(19(2)27)28-17-21-10-6-7-11-22(21)24/h3-11,18,23H,12-17H2,1-2H3/t18-,23+/m0/s1. The zero-order valence-electron chi connectivity index (χ0n) is 16.7. The molecule has 2 aromatic carbocycles. The van der Waals surface area contributed by atoms with Crippen molar-refractivity contribution in [2.75, 3.05) is 19.6 Å². The monoisotopic (exact) mass is 384 g/mol. The van der Waals surface area contributed by atoms with Gasteiger partial charge < -0.3 is 4.90 Å². The van der Waals surface area contributed by atoms with Crippen molar-refractivity contribution in [2.45, 2.75) is 39.3 Å². The molecule has 1 heterocycles. The van der Waals surface area contributed by atoms with Crippen LogP contribution in [-0.2, 0) is 22.7 Å². The molecule has 1 amide bonds. The summed E-state index contributed by atoms with van der Waals surface area (Å²) in [6.45, 7) is 6.58. The topological polar surface area (TPSA) is 32.8 Å². The van der Waals surface area contributed by atoms with Gasteiger partial charge in [-0.3, -0.25) is 9.63 Å². The number of carbonyl (C=O) groups excluding carboxylic acids is 1. The molecular weight excluding hydrogens is 355 g/mol. The molecule has 0 spiro atoms. The molecule has 0 saturated carbocycles. The molecule has 2 atom stereocenters. The summed E-state index contributed by atoms with van der Waals surface area (Å²) in [6, 6.07) is 17.0. The first kappa shape index (κ1) is 20.5. The molecule has 28 heavy (non-hydrogen) atoms. The highest BCUT2D eigenvalue weighted by Crippen LogP contribution is 2.24. The van der Waals surface area contributed by atoms with E-state index in [0.29, 0.717) is 5.56 Å². The third-order valence-corrected chi connectivity index (χ3v) is 5.43. The van der Waals surface area contributed by atoms with Crippen LogP contribution < -0.4 is 0 Å². The molecule has 2 aromatic rings. The number of rotatable bonds is 7. The average molecular weight is 384 g/mol. The summed E-state index contributed by atoms with van der Waals surface area (Å²) in [5.41, 5.74) is 1.80. The maximum Gasteiger partial charge on any atom is 0.243 e. The molecule has 0 unspecified atom stereocenters.